The first kappa shape index (κ1) is 10.7. The fourth-order valence-electron chi connectivity index (χ4n) is 1.07. The van der Waals surface area contributed by atoms with Crippen molar-refractivity contribution in [1.29, 1.82) is 0 Å². The van der Waals surface area contributed by atoms with E-state index < -0.39 is 0 Å². The van der Waals surface area contributed by atoms with Gasteiger partial charge in [0.15, 0.2) is 0 Å². The molecule has 0 aliphatic carbocycles. The standard InChI is InChI=1S/C9H16N4O/c1-3-7(10)6-9(14)12-8-4-5-11-13(8)2/h4-5,7H,3,6,10H2,1-2H3,(H,12,14). The molecule has 0 saturated carbocycles. The third-order valence-corrected chi connectivity index (χ3v) is 2.06. The average molecular weight is 196 g/mol. The monoisotopic (exact) mass is 196 g/mol. The van der Waals surface area contributed by atoms with E-state index >= 15 is 0 Å². The van der Waals surface area contributed by atoms with Gasteiger partial charge in [0.2, 0.25) is 5.91 Å². The van der Waals surface area contributed by atoms with E-state index in [9.17, 15) is 4.79 Å². The van der Waals surface area contributed by atoms with Crippen molar-refractivity contribution in [3.63, 3.8) is 0 Å². The van der Waals surface area contributed by atoms with Crippen LogP contribution in [0.5, 0.6) is 0 Å². The first-order chi connectivity index (χ1) is 6.63. The number of amides is 1. The summed E-state index contributed by atoms with van der Waals surface area (Å²) in [6.07, 6.45) is 2.79. The van der Waals surface area contributed by atoms with Crippen LogP contribution in [0.1, 0.15) is 19.8 Å². The van der Waals surface area contributed by atoms with Gasteiger partial charge in [-0.05, 0) is 6.42 Å². The molecule has 5 heteroatoms. The highest BCUT2D eigenvalue weighted by Crippen LogP contribution is 2.04. The van der Waals surface area contributed by atoms with Gasteiger partial charge in [0, 0.05) is 25.6 Å². The Hall–Kier alpha value is -1.36. The number of rotatable bonds is 4. The lowest BCUT2D eigenvalue weighted by Crippen LogP contribution is -2.26. The second-order valence-corrected chi connectivity index (χ2v) is 3.26. The molecular formula is C9H16N4O. The smallest absolute Gasteiger partial charge is 0.227 e. The molecule has 0 bridgehead atoms. The lowest BCUT2D eigenvalue weighted by Gasteiger charge is -2.08. The topological polar surface area (TPSA) is 72.9 Å². The maximum Gasteiger partial charge on any atom is 0.227 e. The van der Waals surface area contributed by atoms with Gasteiger partial charge in [0.25, 0.3) is 0 Å². The van der Waals surface area contributed by atoms with Crippen molar-refractivity contribution < 1.29 is 4.79 Å². The number of hydrogen-bond acceptors (Lipinski definition) is 3. The van der Waals surface area contributed by atoms with Gasteiger partial charge in [0.05, 0.1) is 6.20 Å². The van der Waals surface area contributed by atoms with Crippen LogP contribution in [0.3, 0.4) is 0 Å². The lowest BCUT2D eigenvalue weighted by molar-refractivity contribution is -0.116. The number of carbonyl (C=O) groups excluding carboxylic acids is 1. The van der Waals surface area contributed by atoms with Crippen LogP contribution in [0.2, 0.25) is 0 Å². The number of nitrogens with zero attached hydrogens (tertiary/aromatic N) is 2. The molecule has 1 rings (SSSR count). The fraction of sp³-hybridized carbons (Fsp3) is 0.556. The number of carbonyl (C=O) groups is 1. The Kier molecular flexibility index (Phi) is 3.64. The molecule has 1 aromatic rings. The molecule has 3 N–H and O–H groups in total. The van der Waals surface area contributed by atoms with Gasteiger partial charge < -0.3 is 11.1 Å². The molecule has 14 heavy (non-hydrogen) atoms. The van der Waals surface area contributed by atoms with Crippen molar-refractivity contribution in [3.05, 3.63) is 12.3 Å². The fourth-order valence-corrected chi connectivity index (χ4v) is 1.07. The van der Waals surface area contributed by atoms with Gasteiger partial charge in [-0.15, -0.1) is 0 Å². The Bertz CT molecular complexity index is 308. The first-order valence-corrected chi connectivity index (χ1v) is 4.67. The summed E-state index contributed by atoms with van der Waals surface area (Å²) in [6, 6.07) is 1.68. The highest BCUT2D eigenvalue weighted by molar-refractivity contribution is 5.90. The van der Waals surface area contributed by atoms with Gasteiger partial charge in [0.1, 0.15) is 5.82 Å². The molecule has 1 heterocycles. The number of aromatic nitrogens is 2. The van der Waals surface area contributed by atoms with Crippen LogP contribution >= 0.6 is 0 Å². The molecule has 0 spiro atoms. The SMILES string of the molecule is CCC(N)CC(=O)Nc1ccnn1C. The molecule has 1 amide bonds. The van der Waals surface area contributed by atoms with E-state index in [0.717, 1.165) is 6.42 Å². The van der Waals surface area contributed by atoms with Gasteiger partial charge in [-0.1, -0.05) is 6.92 Å². The zero-order valence-electron chi connectivity index (χ0n) is 8.53. The van der Waals surface area contributed by atoms with Crippen LogP contribution in [-0.4, -0.2) is 21.7 Å². The van der Waals surface area contributed by atoms with Crippen molar-refractivity contribution in [1.82, 2.24) is 9.78 Å². The molecule has 0 aliphatic rings. The Morgan fingerprint density at radius 2 is 2.50 bits per heavy atom. The van der Waals surface area contributed by atoms with E-state index in [-0.39, 0.29) is 11.9 Å². The normalized spacial score (nSPS) is 12.5. The predicted octanol–water partition coefficient (Wildman–Crippen LogP) is 0.486. The Balaban J connectivity index is 2.45. The number of nitrogens with one attached hydrogen (secondary N) is 1. The van der Waals surface area contributed by atoms with E-state index in [1.54, 1.807) is 24.0 Å². The van der Waals surface area contributed by atoms with Crippen LogP contribution < -0.4 is 11.1 Å². The molecule has 1 unspecified atom stereocenters. The minimum Gasteiger partial charge on any atom is -0.327 e. The zero-order chi connectivity index (χ0) is 10.6. The van der Waals surface area contributed by atoms with E-state index in [2.05, 4.69) is 10.4 Å². The summed E-state index contributed by atoms with van der Waals surface area (Å²) in [5, 5.41) is 6.68. The number of nitrogens with two attached hydrogens (primary N) is 1. The van der Waals surface area contributed by atoms with E-state index in [1.165, 1.54) is 0 Å². The van der Waals surface area contributed by atoms with Gasteiger partial charge in [-0.2, -0.15) is 5.10 Å². The summed E-state index contributed by atoms with van der Waals surface area (Å²) in [5.41, 5.74) is 5.66. The van der Waals surface area contributed by atoms with Gasteiger partial charge in [-0.25, -0.2) is 0 Å². The summed E-state index contributed by atoms with van der Waals surface area (Å²) >= 11 is 0. The van der Waals surface area contributed by atoms with E-state index in [1.807, 2.05) is 6.92 Å². The molecule has 5 nitrogen and oxygen atoms in total. The van der Waals surface area contributed by atoms with Crippen LogP contribution in [0, 0.1) is 0 Å². The molecule has 1 aromatic heterocycles. The van der Waals surface area contributed by atoms with Gasteiger partial charge >= 0.3 is 0 Å². The molecular weight excluding hydrogens is 180 g/mol. The summed E-state index contributed by atoms with van der Waals surface area (Å²) in [4.78, 5) is 11.4. The quantitative estimate of drug-likeness (QED) is 0.736. The van der Waals surface area contributed by atoms with Crippen molar-refractivity contribution in [2.24, 2.45) is 12.8 Å². The summed E-state index contributed by atoms with van der Waals surface area (Å²) in [6.45, 7) is 1.96. The molecule has 0 fully saturated rings. The van der Waals surface area contributed by atoms with Crippen LogP contribution in [0.4, 0.5) is 5.82 Å². The molecule has 0 radical (unpaired) electrons. The summed E-state index contributed by atoms with van der Waals surface area (Å²) in [7, 11) is 1.77. The highest BCUT2D eigenvalue weighted by Gasteiger charge is 2.08. The second-order valence-electron chi connectivity index (χ2n) is 3.26. The molecule has 0 aliphatic heterocycles. The molecule has 78 valence electrons. The number of aryl methyl sites for hydroxylation is 1. The zero-order valence-corrected chi connectivity index (χ0v) is 8.53. The third kappa shape index (κ3) is 2.85. The first-order valence-electron chi connectivity index (χ1n) is 4.67. The maximum absolute atomic E-state index is 11.4. The van der Waals surface area contributed by atoms with Crippen LogP contribution in [-0.2, 0) is 11.8 Å². The van der Waals surface area contributed by atoms with Crippen molar-refractivity contribution in [2.45, 2.75) is 25.8 Å². The molecule has 0 aromatic carbocycles. The average Bonchev–Trinajstić information content (AvgIpc) is 2.51. The van der Waals surface area contributed by atoms with Crippen molar-refractivity contribution in [2.75, 3.05) is 5.32 Å². The summed E-state index contributed by atoms with van der Waals surface area (Å²) < 4.78 is 1.61. The van der Waals surface area contributed by atoms with Crippen molar-refractivity contribution >= 4 is 11.7 Å². The van der Waals surface area contributed by atoms with E-state index in [0.29, 0.717) is 12.2 Å². The molecule has 1 atom stereocenters. The Morgan fingerprint density at radius 3 is 3.00 bits per heavy atom. The number of hydrogen-bond donors (Lipinski definition) is 2. The third-order valence-electron chi connectivity index (χ3n) is 2.06. The second kappa shape index (κ2) is 4.76. The Labute approximate surface area is 83.3 Å². The molecule has 0 saturated heterocycles. The van der Waals surface area contributed by atoms with Crippen molar-refractivity contribution in [3.8, 4) is 0 Å². The minimum atomic E-state index is -0.0667. The number of anilines is 1. The van der Waals surface area contributed by atoms with Gasteiger partial charge in [-0.3, -0.25) is 9.48 Å². The largest absolute Gasteiger partial charge is 0.327 e. The Morgan fingerprint density at radius 1 is 1.79 bits per heavy atom. The maximum atomic E-state index is 11.4. The van der Waals surface area contributed by atoms with Crippen LogP contribution in [0.25, 0.3) is 0 Å². The minimum absolute atomic E-state index is 0.0665. The van der Waals surface area contributed by atoms with E-state index in [4.69, 9.17) is 5.73 Å². The highest BCUT2D eigenvalue weighted by atomic mass is 16.1. The predicted molar refractivity (Wildman–Crippen MR) is 54.7 cm³/mol. The van der Waals surface area contributed by atoms with Crippen LogP contribution in [0.15, 0.2) is 12.3 Å². The summed E-state index contributed by atoms with van der Waals surface area (Å²) in [5.74, 6) is 0.626. The lowest BCUT2D eigenvalue weighted by atomic mass is 10.1.